The third-order valence-corrected chi connectivity index (χ3v) is 4.38. The van der Waals surface area contributed by atoms with Gasteiger partial charge in [0.2, 0.25) is 5.89 Å². The molecule has 0 saturated heterocycles. The van der Waals surface area contributed by atoms with Crippen molar-refractivity contribution in [1.82, 2.24) is 15.5 Å². The second kappa shape index (κ2) is 12.1. The van der Waals surface area contributed by atoms with Crippen LogP contribution < -0.4 is 20.1 Å². The van der Waals surface area contributed by atoms with Gasteiger partial charge in [-0.05, 0) is 31.4 Å². The monoisotopic (exact) mass is 431 g/mol. The Kier molecular flexibility index (Phi) is 8.96. The van der Waals surface area contributed by atoms with E-state index in [1.54, 1.807) is 6.92 Å². The SMILES string of the molecule is Cc1noc(CCNC(=NCCCOCC(C)C)Nc2ccc3c(c2)OCCCO3)n1. The van der Waals surface area contributed by atoms with E-state index in [-0.39, 0.29) is 0 Å². The van der Waals surface area contributed by atoms with E-state index in [0.717, 1.165) is 36.6 Å². The summed E-state index contributed by atoms with van der Waals surface area (Å²) in [7, 11) is 0. The molecular weight excluding hydrogens is 398 g/mol. The summed E-state index contributed by atoms with van der Waals surface area (Å²) in [4.78, 5) is 8.91. The molecule has 1 aromatic carbocycles. The van der Waals surface area contributed by atoms with Gasteiger partial charge in [-0.1, -0.05) is 19.0 Å². The smallest absolute Gasteiger partial charge is 0.228 e. The quantitative estimate of drug-likeness (QED) is 0.336. The zero-order valence-corrected chi connectivity index (χ0v) is 18.6. The molecule has 0 bridgehead atoms. The molecular formula is C22H33N5O4. The number of aliphatic imine (C=N–C) groups is 1. The largest absolute Gasteiger partial charge is 0.490 e. The standard InChI is InChI=1S/C22H33N5O4/c1-16(2)15-28-11-4-9-23-22(24-10-8-21-25-17(3)27-31-21)26-18-6-7-19-20(14-18)30-13-5-12-29-19/h6-7,14,16H,4-5,8-13,15H2,1-3H3,(H2,23,24,26). The number of nitrogens with one attached hydrogen (secondary N) is 2. The van der Waals surface area contributed by atoms with Crippen LogP contribution in [0.4, 0.5) is 5.69 Å². The molecule has 0 atom stereocenters. The third-order valence-electron chi connectivity index (χ3n) is 4.38. The van der Waals surface area contributed by atoms with E-state index in [2.05, 4.69) is 39.6 Å². The van der Waals surface area contributed by atoms with E-state index >= 15 is 0 Å². The molecule has 0 unspecified atom stereocenters. The number of anilines is 1. The third kappa shape index (κ3) is 8.09. The van der Waals surface area contributed by atoms with Gasteiger partial charge in [0.15, 0.2) is 23.3 Å². The number of guanidine groups is 1. The van der Waals surface area contributed by atoms with Crippen LogP contribution in [0.5, 0.6) is 11.5 Å². The van der Waals surface area contributed by atoms with E-state index in [0.29, 0.717) is 62.9 Å². The summed E-state index contributed by atoms with van der Waals surface area (Å²) in [5.41, 5.74) is 0.875. The summed E-state index contributed by atoms with van der Waals surface area (Å²) < 4.78 is 22.3. The van der Waals surface area contributed by atoms with Crippen molar-refractivity contribution in [2.24, 2.45) is 10.9 Å². The zero-order chi connectivity index (χ0) is 21.9. The summed E-state index contributed by atoms with van der Waals surface area (Å²) in [6.45, 7) is 10.1. The summed E-state index contributed by atoms with van der Waals surface area (Å²) in [5.74, 6) is 3.95. The van der Waals surface area contributed by atoms with E-state index in [1.807, 2.05) is 18.2 Å². The average molecular weight is 432 g/mol. The Hall–Kier alpha value is -2.81. The van der Waals surface area contributed by atoms with Gasteiger partial charge in [0.05, 0.1) is 13.2 Å². The van der Waals surface area contributed by atoms with Crippen LogP contribution in [0.1, 0.15) is 38.4 Å². The molecule has 0 saturated carbocycles. The lowest BCUT2D eigenvalue weighted by Gasteiger charge is -2.14. The van der Waals surface area contributed by atoms with Crippen molar-refractivity contribution in [3.8, 4) is 11.5 Å². The highest BCUT2D eigenvalue weighted by Crippen LogP contribution is 2.32. The number of aromatic nitrogens is 2. The molecule has 1 aromatic heterocycles. The van der Waals surface area contributed by atoms with Crippen LogP contribution in [-0.2, 0) is 11.2 Å². The van der Waals surface area contributed by atoms with Crippen molar-refractivity contribution < 1.29 is 18.7 Å². The molecule has 0 fully saturated rings. The van der Waals surface area contributed by atoms with Crippen LogP contribution >= 0.6 is 0 Å². The van der Waals surface area contributed by atoms with Crippen molar-refractivity contribution in [2.75, 3.05) is 44.8 Å². The Bertz CT molecular complexity index is 837. The Morgan fingerprint density at radius 1 is 1.23 bits per heavy atom. The first-order chi connectivity index (χ1) is 15.1. The Labute approximate surface area is 183 Å². The maximum absolute atomic E-state index is 5.79. The van der Waals surface area contributed by atoms with Crippen LogP contribution in [-0.4, -0.2) is 55.6 Å². The van der Waals surface area contributed by atoms with Crippen molar-refractivity contribution in [1.29, 1.82) is 0 Å². The highest BCUT2D eigenvalue weighted by atomic mass is 16.5. The zero-order valence-electron chi connectivity index (χ0n) is 18.6. The molecule has 0 radical (unpaired) electrons. The van der Waals surface area contributed by atoms with E-state index in [4.69, 9.17) is 18.7 Å². The highest BCUT2D eigenvalue weighted by molar-refractivity contribution is 5.94. The van der Waals surface area contributed by atoms with Crippen molar-refractivity contribution in [2.45, 2.75) is 40.0 Å². The number of rotatable bonds is 10. The summed E-state index contributed by atoms with van der Waals surface area (Å²) in [6.07, 6.45) is 2.34. The van der Waals surface area contributed by atoms with Gasteiger partial charge in [0.1, 0.15) is 0 Å². The van der Waals surface area contributed by atoms with Gasteiger partial charge < -0.3 is 29.4 Å². The fraction of sp³-hybridized carbons (Fsp3) is 0.591. The first-order valence-electron chi connectivity index (χ1n) is 10.9. The van der Waals surface area contributed by atoms with Gasteiger partial charge in [-0.15, -0.1) is 0 Å². The minimum absolute atomic E-state index is 0.537. The Morgan fingerprint density at radius 3 is 2.84 bits per heavy atom. The van der Waals surface area contributed by atoms with Gasteiger partial charge in [-0.3, -0.25) is 4.99 Å². The molecule has 0 amide bonds. The molecule has 2 aromatic rings. The summed E-state index contributed by atoms with van der Waals surface area (Å²) in [5, 5.41) is 10.5. The topological polar surface area (TPSA) is 103 Å². The Balaban J connectivity index is 1.57. The number of aryl methyl sites for hydroxylation is 1. The van der Waals surface area contributed by atoms with E-state index in [1.165, 1.54) is 0 Å². The van der Waals surface area contributed by atoms with Crippen LogP contribution in [0.25, 0.3) is 0 Å². The predicted octanol–water partition coefficient (Wildman–Crippen LogP) is 3.20. The fourth-order valence-electron chi connectivity index (χ4n) is 2.92. The van der Waals surface area contributed by atoms with Crippen LogP contribution in [0.15, 0.2) is 27.7 Å². The number of nitrogens with zero attached hydrogens (tertiary/aromatic N) is 3. The minimum atomic E-state index is 0.537. The lowest BCUT2D eigenvalue weighted by molar-refractivity contribution is 0.109. The molecule has 9 nitrogen and oxygen atoms in total. The van der Waals surface area contributed by atoms with Gasteiger partial charge in [-0.2, -0.15) is 4.98 Å². The molecule has 0 aliphatic carbocycles. The minimum Gasteiger partial charge on any atom is -0.490 e. The molecule has 1 aliphatic heterocycles. The lowest BCUT2D eigenvalue weighted by atomic mass is 10.2. The van der Waals surface area contributed by atoms with Gasteiger partial charge in [-0.25, -0.2) is 0 Å². The maximum atomic E-state index is 5.79. The van der Waals surface area contributed by atoms with Gasteiger partial charge in [0.25, 0.3) is 0 Å². The highest BCUT2D eigenvalue weighted by Gasteiger charge is 2.12. The summed E-state index contributed by atoms with van der Waals surface area (Å²) >= 11 is 0. The van der Waals surface area contributed by atoms with Crippen LogP contribution in [0.3, 0.4) is 0 Å². The van der Waals surface area contributed by atoms with Gasteiger partial charge in [0, 0.05) is 50.9 Å². The van der Waals surface area contributed by atoms with Crippen molar-refractivity contribution in [3.05, 3.63) is 29.9 Å². The second-order valence-corrected chi connectivity index (χ2v) is 7.80. The molecule has 3 rings (SSSR count). The first kappa shape index (κ1) is 22.9. The van der Waals surface area contributed by atoms with Crippen LogP contribution in [0.2, 0.25) is 0 Å². The molecule has 1 aliphatic rings. The maximum Gasteiger partial charge on any atom is 0.228 e. The number of hydrogen-bond acceptors (Lipinski definition) is 7. The first-order valence-corrected chi connectivity index (χ1v) is 10.9. The molecule has 31 heavy (non-hydrogen) atoms. The fourth-order valence-corrected chi connectivity index (χ4v) is 2.92. The second-order valence-electron chi connectivity index (χ2n) is 7.80. The summed E-state index contributed by atoms with van der Waals surface area (Å²) in [6, 6.07) is 5.81. The van der Waals surface area contributed by atoms with Gasteiger partial charge >= 0.3 is 0 Å². The number of hydrogen-bond donors (Lipinski definition) is 2. The molecule has 2 N–H and O–H groups in total. The number of ether oxygens (including phenoxy) is 3. The molecule has 170 valence electrons. The van der Waals surface area contributed by atoms with E-state index in [9.17, 15) is 0 Å². The van der Waals surface area contributed by atoms with Crippen molar-refractivity contribution in [3.63, 3.8) is 0 Å². The molecule has 0 spiro atoms. The predicted molar refractivity (Wildman–Crippen MR) is 119 cm³/mol. The number of fused-ring (bicyclic) bond motifs is 1. The lowest BCUT2D eigenvalue weighted by Crippen LogP contribution is -2.32. The average Bonchev–Trinajstić information content (AvgIpc) is 3.01. The van der Waals surface area contributed by atoms with Crippen molar-refractivity contribution >= 4 is 11.6 Å². The Morgan fingerprint density at radius 2 is 2.06 bits per heavy atom. The number of benzene rings is 1. The molecule has 9 heteroatoms. The molecule has 2 heterocycles. The van der Waals surface area contributed by atoms with E-state index < -0.39 is 0 Å². The van der Waals surface area contributed by atoms with Crippen LogP contribution in [0, 0.1) is 12.8 Å². The normalized spacial score (nSPS) is 13.9.